The molecule has 3 rings (SSSR count). The van der Waals surface area contributed by atoms with Crippen molar-refractivity contribution in [3.63, 3.8) is 0 Å². The Morgan fingerprint density at radius 3 is 2.39 bits per heavy atom. The van der Waals surface area contributed by atoms with Crippen LogP contribution in [0.3, 0.4) is 0 Å². The van der Waals surface area contributed by atoms with E-state index < -0.39 is 28.0 Å². The number of hydrogen-bond acceptors (Lipinski definition) is 3. The molecular formula is C19H15Cl4NO4. The summed E-state index contributed by atoms with van der Waals surface area (Å²) >= 11 is 24.8. The summed E-state index contributed by atoms with van der Waals surface area (Å²) in [7, 11) is 1.52. The Balaban J connectivity index is 1.84. The zero-order valence-corrected chi connectivity index (χ0v) is 17.7. The number of methoxy groups -OCH3 is 1. The fourth-order valence-electron chi connectivity index (χ4n) is 3.25. The number of aryl methyl sites for hydroxylation is 1. The van der Waals surface area contributed by atoms with Gasteiger partial charge in [0.05, 0.1) is 28.6 Å². The maximum Gasteiger partial charge on any atom is 0.337 e. The molecule has 1 amide bonds. The Labute approximate surface area is 181 Å². The van der Waals surface area contributed by atoms with Crippen LogP contribution < -0.4 is 10.1 Å². The van der Waals surface area contributed by atoms with E-state index in [1.807, 2.05) is 13.0 Å². The number of aromatic carboxylic acids is 1. The Hall–Kier alpha value is -1.66. The molecule has 2 atom stereocenters. The maximum atomic E-state index is 12.7. The average molecular weight is 463 g/mol. The summed E-state index contributed by atoms with van der Waals surface area (Å²) in [6, 6.07) is 7.68. The van der Waals surface area contributed by atoms with Gasteiger partial charge in [0.15, 0.2) is 0 Å². The van der Waals surface area contributed by atoms with Gasteiger partial charge in [0.25, 0.3) is 0 Å². The van der Waals surface area contributed by atoms with Gasteiger partial charge in [0, 0.05) is 11.6 Å². The lowest BCUT2D eigenvalue weighted by Gasteiger charge is -2.10. The van der Waals surface area contributed by atoms with Crippen LogP contribution in [0.1, 0.15) is 27.4 Å². The van der Waals surface area contributed by atoms with Crippen LogP contribution in [0.15, 0.2) is 30.3 Å². The summed E-state index contributed by atoms with van der Waals surface area (Å²) in [6.07, 6.45) is 0. The first kappa shape index (κ1) is 21.1. The number of carboxylic acid groups (broad SMARTS) is 1. The van der Waals surface area contributed by atoms with Crippen LogP contribution in [0.2, 0.25) is 10.0 Å². The molecule has 5 nitrogen and oxygen atoms in total. The topological polar surface area (TPSA) is 75.6 Å². The van der Waals surface area contributed by atoms with Gasteiger partial charge in [0.2, 0.25) is 5.91 Å². The van der Waals surface area contributed by atoms with Crippen LogP contribution >= 0.6 is 46.4 Å². The standard InChI is InChI=1S/C19H15Cl4NO4/c1-8-5-9(6-13(21)16(8)28-2)14-15(19(14,22)23)17(25)24-10-3-4-12(20)11(7-10)18(26)27/h3-7,14-15H,1-2H3,(H,24,25)(H,26,27). The summed E-state index contributed by atoms with van der Waals surface area (Å²) in [5.41, 5.74) is 1.68. The minimum atomic E-state index is -1.31. The van der Waals surface area contributed by atoms with Crippen LogP contribution in [0, 0.1) is 12.8 Å². The molecule has 2 aromatic carbocycles. The van der Waals surface area contributed by atoms with Gasteiger partial charge in [-0.3, -0.25) is 4.79 Å². The molecule has 0 spiro atoms. The highest BCUT2D eigenvalue weighted by atomic mass is 35.5. The van der Waals surface area contributed by atoms with Gasteiger partial charge in [-0.2, -0.15) is 0 Å². The minimum absolute atomic E-state index is 0.0715. The smallest absolute Gasteiger partial charge is 0.337 e. The molecule has 0 saturated heterocycles. The number of alkyl halides is 2. The second-order valence-electron chi connectivity index (χ2n) is 6.47. The summed E-state index contributed by atoms with van der Waals surface area (Å²) in [5, 5.41) is 12.3. The van der Waals surface area contributed by atoms with Gasteiger partial charge in [-0.25, -0.2) is 4.79 Å². The fraction of sp³-hybridized carbons (Fsp3) is 0.263. The summed E-state index contributed by atoms with van der Waals surface area (Å²) in [5.74, 6) is -2.28. The predicted molar refractivity (Wildman–Crippen MR) is 110 cm³/mol. The molecular weight excluding hydrogens is 448 g/mol. The molecule has 1 fully saturated rings. The van der Waals surface area contributed by atoms with E-state index in [0.29, 0.717) is 10.8 Å². The number of ether oxygens (including phenoxy) is 1. The van der Waals surface area contributed by atoms with Crippen molar-refractivity contribution >= 4 is 64.0 Å². The molecule has 2 unspecified atom stereocenters. The molecule has 0 aliphatic heterocycles. The van der Waals surface area contributed by atoms with Gasteiger partial charge >= 0.3 is 5.97 Å². The number of benzene rings is 2. The van der Waals surface area contributed by atoms with Crippen molar-refractivity contribution < 1.29 is 19.4 Å². The Morgan fingerprint density at radius 2 is 1.82 bits per heavy atom. The van der Waals surface area contributed by atoms with E-state index >= 15 is 0 Å². The van der Waals surface area contributed by atoms with E-state index in [1.165, 1.54) is 25.3 Å². The molecule has 148 valence electrons. The minimum Gasteiger partial charge on any atom is -0.495 e. The van der Waals surface area contributed by atoms with E-state index in [9.17, 15) is 9.59 Å². The molecule has 1 aliphatic rings. The molecule has 9 heteroatoms. The van der Waals surface area contributed by atoms with E-state index in [0.717, 1.165) is 11.1 Å². The van der Waals surface area contributed by atoms with E-state index in [1.54, 1.807) is 6.07 Å². The van der Waals surface area contributed by atoms with E-state index in [4.69, 9.17) is 56.2 Å². The van der Waals surface area contributed by atoms with Gasteiger partial charge in [-0.15, -0.1) is 23.2 Å². The van der Waals surface area contributed by atoms with Gasteiger partial charge < -0.3 is 15.2 Å². The lowest BCUT2D eigenvalue weighted by Crippen LogP contribution is -2.17. The summed E-state index contributed by atoms with van der Waals surface area (Å²) in [6.45, 7) is 1.83. The second kappa shape index (κ2) is 7.64. The third-order valence-electron chi connectivity index (χ3n) is 4.62. The molecule has 1 aliphatic carbocycles. The quantitative estimate of drug-likeness (QED) is 0.572. The van der Waals surface area contributed by atoms with Gasteiger partial charge in [-0.1, -0.05) is 29.3 Å². The molecule has 0 heterocycles. The monoisotopic (exact) mass is 461 g/mol. The van der Waals surface area contributed by atoms with Crippen molar-refractivity contribution in [3.8, 4) is 5.75 Å². The second-order valence-corrected chi connectivity index (χ2v) is 8.73. The Bertz CT molecular complexity index is 953. The van der Waals surface area contributed by atoms with E-state index in [-0.39, 0.29) is 16.3 Å². The Morgan fingerprint density at radius 1 is 1.14 bits per heavy atom. The normalized spacial score (nSPS) is 19.8. The molecule has 0 bridgehead atoms. The third-order valence-corrected chi connectivity index (χ3v) is 6.17. The molecule has 1 saturated carbocycles. The number of carbonyl (C=O) groups is 2. The van der Waals surface area contributed by atoms with Crippen molar-refractivity contribution in [1.29, 1.82) is 0 Å². The lowest BCUT2D eigenvalue weighted by molar-refractivity contribution is -0.117. The number of rotatable bonds is 5. The number of amides is 1. The molecule has 28 heavy (non-hydrogen) atoms. The summed E-state index contributed by atoms with van der Waals surface area (Å²) in [4.78, 5) is 23.9. The first-order valence-electron chi connectivity index (χ1n) is 8.13. The first-order valence-corrected chi connectivity index (χ1v) is 9.64. The lowest BCUT2D eigenvalue weighted by atomic mass is 10.0. The van der Waals surface area contributed by atoms with Gasteiger partial charge in [-0.05, 0) is 42.3 Å². The van der Waals surface area contributed by atoms with Crippen molar-refractivity contribution in [3.05, 3.63) is 57.1 Å². The number of carboxylic acids is 1. The largest absolute Gasteiger partial charge is 0.495 e. The molecule has 2 N–H and O–H groups in total. The highest BCUT2D eigenvalue weighted by Gasteiger charge is 2.67. The SMILES string of the molecule is COc1c(C)cc(C2C(C(=O)Nc3ccc(Cl)c(C(=O)O)c3)C2(Cl)Cl)cc1Cl. The number of carbonyl (C=O) groups excluding carboxylic acids is 1. The van der Waals surface area contributed by atoms with Crippen LogP contribution in [-0.4, -0.2) is 28.4 Å². The Kier molecular flexibility index (Phi) is 5.74. The van der Waals surface area contributed by atoms with Crippen molar-refractivity contribution in [2.45, 2.75) is 17.2 Å². The highest BCUT2D eigenvalue weighted by molar-refractivity contribution is 6.53. The highest BCUT2D eigenvalue weighted by Crippen LogP contribution is 2.65. The summed E-state index contributed by atoms with van der Waals surface area (Å²) < 4.78 is 3.93. The van der Waals surface area contributed by atoms with Crippen molar-refractivity contribution in [1.82, 2.24) is 0 Å². The molecule has 0 radical (unpaired) electrons. The predicted octanol–water partition coefficient (Wildman–Crippen LogP) is 5.53. The van der Waals surface area contributed by atoms with Crippen LogP contribution in [0.5, 0.6) is 5.75 Å². The zero-order chi connectivity index (χ0) is 20.8. The average Bonchev–Trinajstić information content (AvgIpc) is 3.18. The third kappa shape index (κ3) is 3.77. The van der Waals surface area contributed by atoms with E-state index in [2.05, 4.69) is 5.32 Å². The number of halogens is 4. The number of nitrogens with one attached hydrogen (secondary N) is 1. The van der Waals surface area contributed by atoms with Gasteiger partial charge in [0.1, 0.15) is 10.1 Å². The maximum absolute atomic E-state index is 12.7. The zero-order valence-electron chi connectivity index (χ0n) is 14.7. The van der Waals surface area contributed by atoms with Crippen molar-refractivity contribution in [2.24, 2.45) is 5.92 Å². The van der Waals surface area contributed by atoms with Crippen LogP contribution in [0.25, 0.3) is 0 Å². The fourth-order valence-corrected chi connectivity index (χ4v) is 4.63. The number of anilines is 1. The molecule has 0 aromatic heterocycles. The van der Waals surface area contributed by atoms with Crippen molar-refractivity contribution in [2.75, 3.05) is 12.4 Å². The molecule has 2 aromatic rings. The van der Waals surface area contributed by atoms with Crippen LogP contribution in [-0.2, 0) is 4.79 Å². The van der Waals surface area contributed by atoms with Crippen LogP contribution in [0.4, 0.5) is 5.69 Å². The first-order chi connectivity index (χ1) is 13.1. The number of hydrogen-bond donors (Lipinski definition) is 2.